The van der Waals surface area contributed by atoms with Crippen LogP contribution in [0.4, 0.5) is 0 Å². The van der Waals surface area contributed by atoms with Gasteiger partial charge < -0.3 is 4.74 Å². The minimum absolute atomic E-state index is 0.122. The van der Waals surface area contributed by atoms with Crippen molar-refractivity contribution in [1.29, 1.82) is 0 Å². The molecule has 24 heavy (non-hydrogen) atoms. The van der Waals surface area contributed by atoms with E-state index in [-0.39, 0.29) is 11.4 Å². The zero-order valence-electron chi connectivity index (χ0n) is 13.5. The van der Waals surface area contributed by atoms with E-state index in [1.807, 2.05) is 0 Å². The van der Waals surface area contributed by atoms with E-state index in [1.54, 1.807) is 41.2 Å². The van der Waals surface area contributed by atoms with E-state index in [0.29, 0.717) is 11.8 Å². The van der Waals surface area contributed by atoms with Crippen LogP contribution in [0.5, 0.6) is 0 Å². The average molecular weight is 350 g/mol. The topological polar surface area (TPSA) is 86.1 Å². The number of aromatic nitrogens is 3. The molecule has 1 aliphatic rings. The van der Waals surface area contributed by atoms with E-state index >= 15 is 0 Å². The van der Waals surface area contributed by atoms with Gasteiger partial charge in [-0.3, -0.25) is 4.68 Å². The maximum Gasteiger partial charge on any atom is 0.240 e. The Labute approximate surface area is 142 Å². The van der Waals surface area contributed by atoms with Crippen LogP contribution in [-0.4, -0.2) is 36.1 Å². The van der Waals surface area contributed by atoms with Gasteiger partial charge in [-0.1, -0.05) is 23.4 Å². The maximum atomic E-state index is 12.2. The minimum atomic E-state index is -3.53. The van der Waals surface area contributed by atoms with Crippen molar-refractivity contribution >= 4 is 10.0 Å². The molecule has 1 fully saturated rings. The van der Waals surface area contributed by atoms with Crippen molar-refractivity contribution in [3.63, 3.8) is 0 Å². The molecule has 1 atom stereocenters. The first-order chi connectivity index (χ1) is 11.6. The number of hydrogen-bond donors (Lipinski definition) is 1. The Hall–Kier alpha value is -1.77. The standard InChI is InChI=1S/C16H22N4O3S/c21-24(22,16-7-2-1-3-8-16)17-12-14-13-20(19-18-14)10-9-15-6-4-5-11-23-15/h1-3,7-8,13,15,17H,4-6,9-12H2. The van der Waals surface area contributed by atoms with Crippen LogP contribution in [0.1, 0.15) is 31.4 Å². The number of ether oxygens (including phenoxy) is 1. The summed E-state index contributed by atoms with van der Waals surface area (Å²) in [5, 5.41) is 8.07. The number of nitrogens with one attached hydrogen (secondary N) is 1. The van der Waals surface area contributed by atoms with Gasteiger partial charge in [-0.05, 0) is 37.8 Å². The Morgan fingerprint density at radius 1 is 1.25 bits per heavy atom. The summed E-state index contributed by atoms with van der Waals surface area (Å²) in [6, 6.07) is 8.28. The molecule has 0 bridgehead atoms. The molecule has 130 valence electrons. The van der Waals surface area contributed by atoms with E-state index < -0.39 is 10.0 Å². The van der Waals surface area contributed by atoms with Gasteiger partial charge in [-0.2, -0.15) is 0 Å². The molecule has 1 aliphatic heterocycles. The fourth-order valence-corrected chi connectivity index (χ4v) is 3.71. The average Bonchev–Trinajstić information content (AvgIpc) is 3.08. The molecule has 0 spiro atoms. The number of benzene rings is 1. The van der Waals surface area contributed by atoms with E-state index in [0.717, 1.165) is 32.4 Å². The van der Waals surface area contributed by atoms with Crippen molar-refractivity contribution in [3.05, 3.63) is 42.2 Å². The fraction of sp³-hybridized carbons (Fsp3) is 0.500. The largest absolute Gasteiger partial charge is 0.378 e. The third-order valence-corrected chi connectivity index (χ3v) is 5.45. The lowest BCUT2D eigenvalue weighted by Gasteiger charge is -2.22. The van der Waals surface area contributed by atoms with Crippen LogP contribution in [0.15, 0.2) is 41.4 Å². The molecular weight excluding hydrogens is 328 g/mol. The lowest BCUT2D eigenvalue weighted by molar-refractivity contribution is 0.00820. The van der Waals surface area contributed by atoms with E-state index in [4.69, 9.17) is 4.74 Å². The first-order valence-electron chi connectivity index (χ1n) is 8.19. The number of aryl methyl sites for hydroxylation is 1. The number of rotatable bonds is 7. The molecule has 1 aromatic carbocycles. The molecule has 2 heterocycles. The highest BCUT2D eigenvalue weighted by Gasteiger charge is 2.15. The highest BCUT2D eigenvalue weighted by molar-refractivity contribution is 7.89. The van der Waals surface area contributed by atoms with Crippen LogP contribution < -0.4 is 4.72 Å². The normalized spacial score (nSPS) is 18.6. The Morgan fingerprint density at radius 2 is 2.08 bits per heavy atom. The van der Waals surface area contributed by atoms with Gasteiger partial charge in [-0.15, -0.1) is 5.10 Å². The lowest BCUT2D eigenvalue weighted by atomic mass is 10.1. The summed E-state index contributed by atoms with van der Waals surface area (Å²) in [7, 11) is -3.53. The van der Waals surface area contributed by atoms with Gasteiger partial charge in [-0.25, -0.2) is 13.1 Å². The predicted octanol–water partition coefficient (Wildman–Crippen LogP) is 1.72. The van der Waals surface area contributed by atoms with Crippen molar-refractivity contribution in [2.75, 3.05) is 6.61 Å². The molecule has 7 nitrogen and oxygen atoms in total. The van der Waals surface area contributed by atoms with Crippen molar-refractivity contribution in [3.8, 4) is 0 Å². The van der Waals surface area contributed by atoms with Gasteiger partial charge in [0.15, 0.2) is 0 Å². The first kappa shape index (κ1) is 17.1. The van der Waals surface area contributed by atoms with Crippen LogP contribution in [0.25, 0.3) is 0 Å². The molecule has 1 saturated heterocycles. The lowest BCUT2D eigenvalue weighted by Crippen LogP contribution is -2.23. The van der Waals surface area contributed by atoms with Gasteiger partial charge >= 0.3 is 0 Å². The second kappa shape index (κ2) is 7.87. The minimum Gasteiger partial charge on any atom is -0.378 e. The van der Waals surface area contributed by atoms with E-state index in [2.05, 4.69) is 15.0 Å². The second-order valence-corrected chi connectivity index (χ2v) is 7.65. The summed E-state index contributed by atoms with van der Waals surface area (Å²) >= 11 is 0. The van der Waals surface area contributed by atoms with Crippen LogP contribution in [0.3, 0.4) is 0 Å². The second-order valence-electron chi connectivity index (χ2n) is 5.89. The molecule has 0 radical (unpaired) electrons. The first-order valence-corrected chi connectivity index (χ1v) is 9.67. The zero-order valence-corrected chi connectivity index (χ0v) is 14.3. The quantitative estimate of drug-likeness (QED) is 0.822. The highest BCUT2D eigenvalue weighted by atomic mass is 32.2. The molecule has 1 aromatic heterocycles. The Kier molecular flexibility index (Phi) is 5.60. The molecule has 8 heteroatoms. The summed E-state index contributed by atoms with van der Waals surface area (Å²) in [6.07, 6.45) is 6.43. The van der Waals surface area contributed by atoms with Gasteiger partial charge in [0.25, 0.3) is 0 Å². The van der Waals surface area contributed by atoms with Crippen LogP contribution in [0.2, 0.25) is 0 Å². The number of sulfonamides is 1. The van der Waals surface area contributed by atoms with Crippen molar-refractivity contribution in [2.45, 2.75) is 49.8 Å². The molecule has 0 amide bonds. The molecule has 3 rings (SSSR count). The van der Waals surface area contributed by atoms with E-state index in [9.17, 15) is 8.42 Å². The highest BCUT2D eigenvalue weighted by Crippen LogP contribution is 2.16. The molecule has 2 aromatic rings. The van der Waals surface area contributed by atoms with Crippen LogP contribution in [-0.2, 0) is 27.8 Å². The summed E-state index contributed by atoms with van der Waals surface area (Å²) < 4.78 is 34.3. The number of nitrogens with zero attached hydrogens (tertiary/aromatic N) is 3. The zero-order chi connectivity index (χ0) is 16.8. The van der Waals surface area contributed by atoms with Crippen molar-refractivity contribution in [1.82, 2.24) is 19.7 Å². The molecule has 0 aliphatic carbocycles. The summed E-state index contributed by atoms with van der Waals surface area (Å²) in [5.41, 5.74) is 0.596. The molecule has 1 N–H and O–H groups in total. The molecule has 1 unspecified atom stereocenters. The summed E-state index contributed by atoms with van der Waals surface area (Å²) in [4.78, 5) is 0.242. The summed E-state index contributed by atoms with van der Waals surface area (Å²) in [6.45, 7) is 1.69. The predicted molar refractivity (Wildman–Crippen MR) is 88.7 cm³/mol. The van der Waals surface area contributed by atoms with E-state index in [1.165, 1.54) is 6.42 Å². The van der Waals surface area contributed by atoms with Gasteiger partial charge in [0.1, 0.15) is 0 Å². The fourth-order valence-electron chi connectivity index (χ4n) is 2.69. The van der Waals surface area contributed by atoms with Gasteiger partial charge in [0.05, 0.1) is 23.2 Å². The van der Waals surface area contributed by atoms with Crippen LogP contribution >= 0.6 is 0 Å². The smallest absolute Gasteiger partial charge is 0.240 e. The molecular formula is C16H22N4O3S. The molecule has 0 saturated carbocycles. The van der Waals surface area contributed by atoms with Crippen molar-refractivity contribution in [2.24, 2.45) is 0 Å². The Morgan fingerprint density at radius 3 is 2.83 bits per heavy atom. The van der Waals surface area contributed by atoms with Gasteiger partial charge in [0.2, 0.25) is 10.0 Å². The van der Waals surface area contributed by atoms with Crippen molar-refractivity contribution < 1.29 is 13.2 Å². The Balaban J connectivity index is 1.50. The Bertz CT molecular complexity index is 740. The van der Waals surface area contributed by atoms with Gasteiger partial charge in [0, 0.05) is 19.3 Å². The third kappa shape index (κ3) is 4.62. The summed E-state index contributed by atoms with van der Waals surface area (Å²) in [5.74, 6) is 0. The maximum absolute atomic E-state index is 12.2. The number of hydrogen-bond acceptors (Lipinski definition) is 5. The SMILES string of the molecule is O=S(=O)(NCc1cn(CCC2CCCCO2)nn1)c1ccccc1. The third-order valence-electron chi connectivity index (χ3n) is 4.04. The van der Waals surface area contributed by atoms with Crippen LogP contribution in [0, 0.1) is 0 Å². The monoisotopic (exact) mass is 350 g/mol.